The van der Waals surface area contributed by atoms with E-state index >= 15 is 0 Å². The maximum Gasteiger partial charge on any atom is 0.134 e. The van der Waals surface area contributed by atoms with Crippen molar-refractivity contribution in [3.8, 4) is 0 Å². The highest BCUT2D eigenvalue weighted by Gasteiger charge is 2.52. The lowest BCUT2D eigenvalue weighted by Crippen LogP contribution is -2.46. The van der Waals surface area contributed by atoms with Gasteiger partial charge in [-0.05, 0) is 41.9 Å². The zero-order chi connectivity index (χ0) is 10.5. The third kappa shape index (κ3) is 1.39. The van der Waals surface area contributed by atoms with Gasteiger partial charge in [0.15, 0.2) is 0 Å². The smallest absolute Gasteiger partial charge is 0.134 e. The molecule has 0 saturated heterocycles. The second kappa shape index (κ2) is 2.91. The van der Waals surface area contributed by atoms with E-state index < -0.39 is 0 Å². The molecule has 0 amide bonds. The first-order chi connectivity index (χ1) is 7.17. The maximum absolute atomic E-state index is 12.7. The van der Waals surface area contributed by atoms with E-state index in [4.69, 9.17) is 0 Å². The average Bonchev–Trinajstić information content (AvgIpc) is 2.11. The molecule has 0 radical (unpaired) electrons. The first-order valence-electron chi connectivity index (χ1n) is 5.44. The molecule has 2 heteroatoms. The van der Waals surface area contributed by atoms with Crippen molar-refractivity contribution in [2.24, 2.45) is 5.41 Å². The van der Waals surface area contributed by atoms with Crippen molar-refractivity contribution < 1.29 is 9.18 Å². The molecule has 15 heavy (non-hydrogen) atoms. The van der Waals surface area contributed by atoms with E-state index in [-0.39, 0.29) is 5.82 Å². The first kappa shape index (κ1) is 9.08. The van der Waals surface area contributed by atoms with Crippen molar-refractivity contribution in [1.29, 1.82) is 0 Å². The minimum atomic E-state index is -0.174. The van der Waals surface area contributed by atoms with Gasteiger partial charge in [-0.1, -0.05) is 12.1 Å². The van der Waals surface area contributed by atoms with E-state index in [9.17, 15) is 9.18 Å². The molecule has 0 aromatic heterocycles. The standard InChI is InChI=1S/C13H13FO/c14-11-3-1-9(2-4-11)10-5-13(6-10)7-12(15)8-13/h1-4,10H,5-8H2. The zero-order valence-electron chi connectivity index (χ0n) is 8.50. The van der Waals surface area contributed by atoms with E-state index in [0.29, 0.717) is 17.1 Å². The topological polar surface area (TPSA) is 17.1 Å². The molecule has 0 N–H and O–H groups in total. The second-order valence-electron chi connectivity index (χ2n) is 5.05. The number of carbonyl (C=O) groups excluding carboxylic acids is 1. The van der Waals surface area contributed by atoms with Crippen LogP contribution in [0.25, 0.3) is 0 Å². The van der Waals surface area contributed by atoms with Gasteiger partial charge in [0.25, 0.3) is 0 Å². The Morgan fingerprint density at radius 1 is 1.13 bits per heavy atom. The molecular weight excluding hydrogens is 191 g/mol. The van der Waals surface area contributed by atoms with Crippen molar-refractivity contribution >= 4 is 5.78 Å². The van der Waals surface area contributed by atoms with Crippen LogP contribution in [-0.2, 0) is 4.79 Å². The second-order valence-corrected chi connectivity index (χ2v) is 5.05. The highest BCUT2D eigenvalue weighted by Crippen LogP contribution is 2.60. The molecule has 0 bridgehead atoms. The van der Waals surface area contributed by atoms with Gasteiger partial charge in [-0.3, -0.25) is 4.79 Å². The van der Waals surface area contributed by atoms with Gasteiger partial charge < -0.3 is 0 Å². The Hall–Kier alpha value is -1.18. The van der Waals surface area contributed by atoms with Crippen molar-refractivity contribution in [3.05, 3.63) is 35.6 Å². The van der Waals surface area contributed by atoms with E-state index in [1.807, 2.05) is 12.1 Å². The van der Waals surface area contributed by atoms with Crippen LogP contribution < -0.4 is 0 Å². The molecule has 2 saturated carbocycles. The Morgan fingerprint density at radius 2 is 1.73 bits per heavy atom. The van der Waals surface area contributed by atoms with E-state index in [1.54, 1.807) is 0 Å². The van der Waals surface area contributed by atoms with Crippen molar-refractivity contribution in [2.45, 2.75) is 31.6 Å². The molecule has 1 aromatic carbocycles. The molecule has 0 heterocycles. The van der Waals surface area contributed by atoms with Crippen LogP contribution in [0.15, 0.2) is 24.3 Å². The number of hydrogen-bond acceptors (Lipinski definition) is 1. The first-order valence-corrected chi connectivity index (χ1v) is 5.44. The third-order valence-corrected chi connectivity index (χ3v) is 3.84. The van der Waals surface area contributed by atoms with Gasteiger partial charge in [0.1, 0.15) is 11.6 Å². The number of halogens is 1. The van der Waals surface area contributed by atoms with Crippen LogP contribution >= 0.6 is 0 Å². The molecule has 78 valence electrons. The molecular formula is C13H13FO. The van der Waals surface area contributed by atoms with Gasteiger partial charge in [-0.2, -0.15) is 0 Å². The van der Waals surface area contributed by atoms with Crippen LogP contribution in [0.5, 0.6) is 0 Å². The average molecular weight is 204 g/mol. The summed E-state index contributed by atoms with van der Waals surface area (Å²) < 4.78 is 12.7. The summed E-state index contributed by atoms with van der Waals surface area (Å²) in [4.78, 5) is 10.9. The molecule has 3 rings (SSSR count). The number of benzene rings is 1. The highest BCUT2D eigenvalue weighted by atomic mass is 19.1. The summed E-state index contributed by atoms with van der Waals surface area (Å²) in [6, 6.07) is 6.78. The highest BCUT2D eigenvalue weighted by molar-refractivity contribution is 5.86. The van der Waals surface area contributed by atoms with Crippen LogP contribution in [-0.4, -0.2) is 5.78 Å². The summed E-state index contributed by atoms with van der Waals surface area (Å²) in [5.74, 6) is 0.790. The lowest BCUT2D eigenvalue weighted by molar-refractivity contribution is -0.139. The van der Waals surface area contributed by atoms with Crippen molar-refractivity contribution in [1.82, 2.24) is 0 Å². The van der Waals surface area contributed by atoms with Crippen LogP contribution in [0.4, 0.5) is 4.39 Å². The Kier molecular flexibility index (Phi) is 1.76. The van der Waals surface area contributed by atoms with Gasteiger partial charge in [-0.15, -0.1) is 0 Å². The normalized spacial score (nSPS) is 23.7. The fraction of sp³-hybridized carbons (Fsp3) is 0.462. The molecule has 2 aliphatic rings. The van der Waals surface area contributed by atoms with Gasteiger partial charge in [0.2, 0.25) is 0 Å². The minimum Gasteiger partial charge on any atom is -0.300 e. The van der Waals surface area contributed by atoms with Gasteiger partial charge in [0, 0.05) is 12.8 Å². The number of carbonyl (C=O) groups is 1. The largest absolute Gasteiger partial charge is 0.300 e. The van der Waals surface area contributed by atoms with E-state index in [2.05, 4.69) is 0 Å². The molecule has 2 aliphatic carbocycles. The predicted molar refractivity (Wildman–Crippen MR) is 55.0 cm³/mol. The van der Waals surface area contributed by atoms with Crippen LogP contribution in [0, 0.1) is 11.2 Å². The number of ketones is 1. The minimum absolute atomic E-state index is 0.174. The molecule has 1 nitrogen and oxygen atoms in total. The molecule has 2 fully saturated rings. The van der Waals surface area contributed by atoms with Crippen molar-refractivity contribution in [2.75, 3.05) is 0 Å². The SMILES string of the molecule is O=C1CC2(C1)CC(c1ccc(F)cc1)C2. The monoisotopic (exact) mass is 204 g/mol. The van der Waals surface area contributed by atoms with E-state index in [1.165, 1.54) is 17.7 Å². The molecule has 1 aromatic rings. The van der Waals surface area contributed by atoms with Crippen LogP contribution in [0.2, 0.25) is 0 Å². The molecule has 0 atom stereocenters. The molecule has 0 aliphatic heterocycles. The fourth-order valence-electron chi connectivity index (χ4n) is 3.03. The maximum atomic E-state index is 12.7. The number of Topliss-reactive ketones (excluding diaryl/α,β-unsaturated/α-hetero) is 1. The van der Waals surface area contributed by atoms with Gasteiger partial charge in [-0.25, -0.2) is 4.39 Å². The Balaban J connectivity index is 1.67. The summed E-state index contributed by atoms with van der Waals surface area (Å²) in [7, 11) is 0. The quantitative estimate of drug-likeness (QED) is 0.687. The summed E-state index contributed by atoms with van der Waals surface area (Å²) in [5.41, 5.74) is 1.57. The lowest BCUT2D eigenvalue weighted by atomic mass is 9.50. The fourth-order valence-corrected chi connectivity index (χ4v) is 3.03. The van der Waals surface area contributed by atoms with E-state index in [0.717, 1.165) is 25.7 Å². The van der Waals surface area contributed by atoms with Crippen molar-refractivity contribution in [3.63, 3.8) is 0 Å². The zero-order valence-corrected chi connectivity index (χ0v) is 8.50. The Bertz CT molecular complexity index is 391. The molecule has 0 unspecified atom stereocenters. The molecule has 1 spiro atoms. The predicted octanol–water partition coefficient (Wildman–Crippen LogP) is 3.05. The summed E-state index contributed by atoms with van der Waals surface area (Å²) >= 11 is 0. The summed E-state index contributed by atoms with van der Waals surface area (Å²) in [5, 5.41) is 0. The third-order valence-electron chi connectivity index (χ3n) is 3.84. The Labute approximate surface area is 88.3 Å². The summed E-state index contributed by atoms with van der Waals surface area (Å²) in [6.07, 6.45) is 3.80. The van der Waals surface area contributed by atoms with Crippen LogP contribution in [0.1, 0.15) is 37.2 Å². The number of hydrogen-bond donors (Lipinski definition) is 0. The Morgan fingerprint density at radius 3 is 2.27 bits per heavy atom. The van der Waals surface area contributed by atoms with Crippen LogP contribution in [0.3, 0.4) is 0 Å². The number of rotatable bonds is 1. The van der Waals surface area contributed by atoms with Gasteiger partial charge >= 0.3 is 0 Å². The lowest BCUT2D eigenvalue weighted by Gasteiger charge is -2.53. The summed E-state index contributed by atoms with van der Waals surface area (Å²) in [6.45, 7) is 0. The van der Waals surface area contributed by atoms with Gasteiger partial charge in [0.05, 0.1) is 0 Å².